The third-order valence-electron chi connectivity index (χ3n) is 2.46. The van der Waals surface area contributed by atoms with Crippen LogP contribution in [0.15, 0.2) is 0 Å². The quantitative estimate of drug-likeness (QED) is 0.619. The van der Waals surface area contributed by atoms with Crippen molar-refractivity contribution < 1.29 is 4.79 Å². The van der Waals surface area contributed by atoms with Gasteiger partial charge in [0.2, 0.25) is 5.91 Å². The second-order valence-electron chi connectivity index (χ2n) is 4.18. The predicted octanol–water partition coefficient (Wildman–Crippen LogP) is 2.04. The Kier molecular flexibility index (Phi) is 3.12. The Morgan fingerprint density at radius 1 is 1.58 bits per heavy atom. The van der Waals surface area contributed by atoms with Crippen LogP contribution in [0.4, 0.5) is 0 Å². The van der Waals surface area contributed by atoms with E-state index in [-0.39, 0.29) is 0 Å². The van der Waals surface area contributed by atoms with E-state index >= 15 is 0 Å². The van der Waals surface area contributed by atoms with E-state index in [0.29, 0.717) is 24.3 Å². The van der Waals surface area contributed by atoms with E-state index < -0.39 is 0 Å². The molecular weight excluding hydrogens is 150 g/mol. The third-order valence-corrected chi connectivity index (χ3v) is 2.46. The first-order chi connectivity index (χ1) is 5.61. The number of amides is 1. The zero-order valence-corrected chi connectivity index (χ0v) is 8.34. The van der Waals surface area contributed by atoms with Gasteiger partial charge < -0.3 is 4.90 Å². The average Bonchev–Trinajstić information content (AvgIpc) is 2.33. The van der Waals surface area contributed by atoms with Gasteiger partial charge in [-0.15, -0.1) is 0 Å². The number of carbonyl (C=O) groups excluding carboxylic acids is 1. The van der Waals surface area contributed by atoms with E-state index in [1.165, 1.54) is 12.8 Å². The van der Waals surface area contributed by atoms with Crippen molar-refractivity contribution in [1.82, 2.24) is 4.90 Å². The van der Waals surface area contributed by atoms with Gasteiger partial charge in [0.1, 0.15) is 0 Å². The molecule has 1 atom stereocenters. The first kappa shape index (κ1) is 9.56. The Balaban J connectivity index is 2.41. The summed E-state index contributed by atoms with van der Waals surface area (Å²) in [6, 6.07) is 0.483. The summed E-state index contributed by atoms with van der Waals surface area (Å²) in [6.45, 7) is 7.31. The van der Waals surface area contributed by atoms with Crippen LogP contribution < -0.4 is 0 Å². The van der Waals surface area contributed by atoms with Crippen LogP contribution in [0.5, 0.6) is 0 Å². The Hall–Kier alpha value is -0.530. The summed E-state index contributed by atoms with van der Waals surface area (Å²) >= 11 is 0. The van der Waals surface area contributed by atoms with E-state index in [2.05, 4.69) is 20.8 Å². The highest BCUT2D eigenvalue weighted by molar-refractivity contribution is 5.76. The van der Waals surface area contributed by atoms with Gasteiger partial charge in [0.25, 0.3) is 0 Å². The van der Waals surface area contributed by atoms with E-state index in [1.807, 2.05) is 4.90 Å². The molecule has 1 unspecified atom stereocenters. The van der Waals surface area contributed by atoms with Crippen molar-refractivity contribution in [1.29, 1.82) is 0 Å². The van der Waals surface area contributed by atoms with Crippen molar-refractivity contribution in [2.24, 2.45) is 5.92 Å². The van der Waals surface area contributed by atoms with Crippen molar-refractivity contribution in [3.8, 4) is 0 Å². The Bertz CT molecular complexity index is 165. The number of nitrogens with zero attached hydrogens (tertiary/aromatic N) is 1. The summed E-state index contributed by atoms with van der Waals surface area (Å²) in [5.41, 5.74) is 0. The number of likely N-dealkylation sites (tertiary alicyclic amines) is 1. The minimum Gasteiger partial charge on any atom is -0.340 e. The SMILES string of the molecule is CC(C)CC(=O)N1CCCC1C. The minimum atomic E-state index is 0.343. The second kappa shape index (κ2) is 3.92. The molecule has 0 aliphatic carbocycles. The molecule has 1 aliphatic rings. The minimum absolute atomic E-state index is 0.343. The molecule has 70 valence electrons. The van der Waals surface area contributed by atoms with Gasteiger partial charge in [-0.05, 0) is 25.7 Å². The van der Waals surface area contributed by atoms with Gasteiger partial charge >= 0.3 is 0 Å². The maximum atomic E-state index is 11.6. The van der Waals surface area contributed by atoms with Crippen LogP contribution in [0.2, 0.25) is 0 Å². The molecule has 1 fully saturated rings. The molecule has 0 saturated carbocycles. The summed E-state index contributed by atoms with van der Waals surface area (Å²) in [4.78, 5) is 13.6. The normalized spacial score (nSPS) is 23.7. The number of carbonyl (C=O) groups is 1. The monoisotopic (exact) mass is 169 g/mol. The maximum Gasteiger partial charge on any atom is 0.223 e. The summed E-state index contributed by atoms with van der Waals surface area (Å²) in [5, 5.41) is 0. The van der Waals surface area contributed by atoms with Gasteiger partial charge in [-0.25, -0.2) is 0 Å². The van der Waals surface area contributed by atoms with E-state index in [0.717, 1.165) is 6.54 Å². The number of hydrogen-bond donors (Lipinski definition) is 0. The highest BCUT2D eigenvalue weighted by atomic mass is 16.2. The Morgan fingerprint density at radius 3 is 2.67 bits per heavy atom. The van der Waals surface area contributed by atoms with Gasteiger partial charge in [-0.3, -0.25) is 4.79 Å². The smallest absolute Gasteiger partial charge is 0.223 e. The Morgan fingerprint density at radius 2 is 2.25 bits per heavy atom. The summed E-state index contributed by atoms with van der Waals surface area (Å²) < 4.78 is 0. The molecule has 0 aromatic rings. The van der Waals surface area contributed by atoms with E-state index in [9.17, 15) is 4.79 Å². The molecule has 1 rings (SSSR count). The molecule has 1 heterocycles. The van der Waals surface area contributed by atoms with Crippen molar-refractivity contribution in [3.63, 3.8) is 0 Å². The fourth-order valence-corrected chi connectivity index (χ4v) is 1.77. The Labute approximate surface area is 74.9 Å². The molecule has 1 saturated heterocycles. The predicted molar refractivity (Wildman–Crippen MR) is 49.9 cm³/mol. The van der Waals surface area contributed by atoms with Crippen molar-refractivity contribution in [3.05, 3.63) is 0 Å². The lowest BCUT2D eigenvalue weighted by Crippen LogP contribution is -2.34. The van der Waals surface area contributed by atoms with Crippen LogP contribution in [0.25, 0.3) is 0 Å². The molecule has 12 heavy (non-hydrogen) atoms. The van der Waals surface area contributed by atoms with E-state index in [1.54, 1.807) is 0 Å². The van der Waals surface area contributed by atoms with Gasteiger partial charge in [-0.1, -0.05) is 13.8 Å². The molecule has 0 aromatic heterocycles. The van der Waals surface area contributed by atoms with Crippen LogP contribution in [-0.4, -0.2) is 23.4 Å². The standard InChI is InChI=1S/C10H19NO/c1-8(2)7-10(12)11-6-4-5-9(11)3/h8-9H,4-7H2,1-3H3. The van der Waals surface area contributed by atoms with Crippen molar-refractivity contribution in [2.45, 2.75) is 46.1 Å². The van der Waals surface area contributed by atoms with Crippen LogP contribution >= 0.6 is 0 Å². The first-order valence-corrected chi connectivity index (χ1v) is 4.90. The topological polar surface area (TPSA) is 20.3 Å². The molecule has 0 spiro atoms. The van der Waals surface area contributed by atoms with Crippen molar-refractivity contribution >= 4 is 5.91 Å². The fourth-order valence-electron chi connectivity index (χ4n) is 1.77. The zero-order valence-electron chi connectivity index (χ0n) is 8.34. The lowest BCUT2D eigenvalue weighted by atomic mass is 10.1. The number of hydrogen-bond acceptors (Lipinski definition) is 1. The average molecular weight is 169 g/mol. The molecule has 0 radical (unpaired) electrons. The highest BCUT2D eigenvalue weighted by Crippen LogP contribution is 2.18. The van der Waals surface area contributed by atoms with Gasteiger partial charge in [0, 0.05) is 19.0 Å². The first-order valence-electron chi connectivity index (χ1n) is 4.90. The van der Waals surface area contributed by atoms with Crippen LogP contribution in [-0.2, 0) is 4.79 Å². The molecule has 0 aromatic carbocycles. The lowest BCUT2D eigenvalue weighted by molar-refractivity contribution is -0.132. The second-order valence-corrected chi connectivity index (χ2v) is 4.18. The molecule has 1 aliphatic heterocycles. The largest absolute Gasteiger partial charge is 0.340 e. The summed E-state index contributed by atoms with van der Waals surface area (Å²) in [5.74, 6) is 0.834. The molecular formula is C10H19NO. The fraction of sp³-hybridized carbons (Fsp3) is 0.900. The van der Waals surface area contributed by atoms with Gasteiger partial charge in [0.05, 0.1) is 0 Å². The molecule has 2 nitrogen and oxygen atoms in total. The molecule has 0 bridgehead atoms. The third kappa shape index (κ3) is 2.23. The van der Waals surface area contributed by atoms with Crippen molar-refractivity contribution in [2.75, 3.05) is 6.54 Å². The lowest BCUT2D eigenvalue weighted by Gasteiger charge is -2.22. The van der Waals surface area contributed by atoms with Gasteiger partial charge in [-0.2, -0.15) is 0 Å². The summed E-state index contributed by atoms with van der Waals surface area (Å²) in [7, 11) is 0. The zero-order chi connectivity index (χ0) is 9.14. The van der Waals surface area contributed by atoms with Crippen LogP contribution in [0, 0.1) is 5.92 Å². The number of rotatable bonds is 2. The highest BCUT2D eigenvalue weighted by Gasteiger charge is 2.24. The van der Waals surface area contributed by atoms with E-state index in [4.69, 9.17) is 0 Å². The van der Waals surface area contributed by atoms with Gasteiger partial charge in [0.15, 0.2) is 0 Å². The van der Waals surface area contributed by atoms with Crippen LogP contribution in [0.1, 0.15) is 40.0 Å². The molecule has 0 N–H and O–H groups in total. The maximum absolute atomic E-state index is 11.6. The summed E-state index contributed by atoms with van der Waals surface area (Å²) in [6.07, 6.45) is 3.08. The van der Waals surface area contributed by atoms with Crippen LogP contribution in [0.3, 0.4) is 0 Å². The molecule has 2 heteroatoms. The molecule has 1 amide bonds.